The lowest BCUT2D eigenvalue weighted by Gasteiger charge is -2.26. The van der Waals surface area contributed by atoms with Crippen molar-refractivity contribution in [2.45, 2.75) is 25.7 Å². The molecule has 7 heteroatoms. The Morgan fingerprint density at radius 2 is 1.88 bits per heavy atom. The molecule has 1 aromatic rings. The van der Waals surface area contributed by atoms with Gasteiger partial charge >= 0.3 is 0 Å². The molecule has 24 heavy (non-hydrogen) atoms. The largest absolute Gasteiger partial charge is 0.379 e. The summed E-state index contributed by atoms with van der Waals surface area (Å²) in [6.07, 6.45) is 6.25. The van der Waals surface area contributed by atoms with E-state index in [1.165, 1.54) is 12.8 Å². The van der Waals surface area contributed by atoms with E-state index in [4.69, 9.17) is 4.74 Å². The summed E-state index contributed by atoms with van der Waals surface area (Å²) >= 11 is 0. The number of carbonyl (C=O) groups excluding carboxylic acids is 1. The number of nitrogens with one attached hydrogen (secondary N) is 1. The maximum absolute atomic E-state index is 12.6. The van der Waals surface area contributed by atoms with E-state index in [2.05, 4.69) is 20.2 Å². The highest BCUT2D eigenvalue weighted by Crippen LogP contribution is 2.13. The van der Waals surface area contributed by atoms with Gasteiger partial charge in [-0.25, -0.2) is 9.97 Å². The van der Waals surface area contributed by atoms with Crippen LogP contribution in [0.1, 0.15) is 36.2 Å². The second-order valence-corrected chi connectivity index (χ2v) is 6.35. The number of carbonyl (C=O) groups is 1. The standard InChI is InChI=1S/C17H27N5O2/c23-16(22-8-3-1-2-4-9-22)15-5-6-18-17(20-15)19-7-10-21-11-13-24-14-12-21/h5-6H,1-4,7-14H2,(H,18,19,20). The molecule has 2 saturated heterocycles. The summed E-state index contributed by atoms with van der Waals surface area (Å²) in [6.45, 7) is 6.91. The number of nitrogens with zero attached hydrogens (tertiary/aromatic N) is 4. The van der Waals surface area contributed by atoms with Crippen molar-refractivity contribution in [2.24, 2.45) is 0 Å². The van der Waals surface area contributed by atoms with Crippen LogP contribution in [0.4, 0.5) is 5.95 Å². The van der Waals surface area contributed by atoms with Crippen LogP contribution in [-0.4, -0.2) is 78.2 Å². The van der Waals surface area contributed by atoms with Crippen LogP contribution < -0.4 is 5.32 Å². The molecule has 1 N–H and O–H groups in total. The first-order valence-corrected chi connectivity index (χ1v) is 8.99. The van der Waals surface area contributed by atoms with Crippen LogP contribution >= 0.6 is 0 Å². The van der Waals surface area contributed by atoms with E-state index in [1.807, 2.05) is 4.90 Å². The highest BCUT2D eigenvalue weighted by Gasteiger charge is 2.19. The molecule has 0 aromatic carbocycles. The fraction of sp³-hybridized carbons (Fsp3) is 0.706. The van der Waals surface area contributed by atoms with Gasteiger partial charge in [0, 0.05) is 45.5 Å². The Hall–Kier alpha value is -1.73. The summed E-state index contributed by atoms with van der Waals surface area (Å²) < 4.78 is 5.34. The van der Waals surface area contributed by atoms with Gasteiger partial charge in [-0.1, -0.05) is 12.8 Å². The van der Waals surface area contributed by atoms with E-state index in [-0.39, 0.29) is 5.91 Å². The fourth-order valence-electron chi connectivity index (χ4n) is 3.15. The number of amides is 1. The molecule has 1 amide bonds. The number of ether oxygens (including phenoxy) is 1. The van der Waals surface area contributed by atoms with Gasteiger partial charge in [-0.2, -0.15) is 0 Å². The van der Waals surface area contributed by atoms with E-state index in [0.29, 0.717) is 11.6 Å². The maximum atomic E-state index is 12.6. The summed E-state index contributed by atoms with van der Waals surface area (Å²) in [6, 6.07) is 1.71. The number of hydrogen-bond acceptors (Lipinski definition) is 6. The van der Waals surface area contributed by atoms with Gasteiger partial charge in [0.2, 0.25) is 5.95 Å². The Labute approximate surface area is 143 Å². The average molecular weight is 333 g/mol. The highest BCUT2D eigenvalue weighted by molar-refractivity contribution is 5.92. The first-order valence-electron chi connectivity index (χ1n) is 8.99. The van der Waals surface area contributed by atoms with Crippen molar-refractivity contribution in [3.63, 3.8) is 0 Å². The summed E-state index contributed by atoms with van der Waals surface area (Å²) in [4.78, 5) is 25.5. The van der Waals surface area contributed by atoms with Crippen LogP contribution in [0.25, 0.3) is 0 Å². The second kappa shape index (κ2) is 8.94. The zero-order valence-corrected chi connectivity index (χ0v) is 14.2. The van der Waals surface area contributed by atoms with Crippen molar-refractivity contribution in [3.05, 3.63) is 18.0 Å². The molecule has 7 nitrogen and oxygen atoms in total. The Balaban J connectivity index is 1.52. The molecule has 0 saturated carbocycles. The molecule has 3 rings (SSSR count). The third-order valence-electron chi connectivity index (χ3n) is 4.58. The maximum Gasteiger partial charge on any atom is 0.272 e. The van der Waals surface area contributed by atoms with Crippen molar-refractivity contribution in [2.75, 3.05) is 57.8 Å². The minimum Gasteiger partial charge on any atom is -0.379 e. The minimum atomic E-state index is 0.0236. The van der Waals surface area contributed by atoms with Gasteiger partial charge in [0.25, 0.3) is 5.91 Å². The van der Waals surface area contributed by atoms with Gasteiger partial charge in [-0.3, -0.25) is 9.69 Å². The molecule has 1 aromatic heterocycles. The minimum absolute atomic E-state index is 0.0236. The predicted molar refractivity (Wildman–Crippen MR) is 92.2 cm³/mol. The summed E-state index contributed by atoms with van der Waals surface area (Å²) in [5.74, 6) is 0.555. The molecule has 0 bridgehead atoms. The molecular formula is C17H27N5O2. The third kappa shape index (κ3) is 4.88. The molecule has 2 aliphatic rings. The number of anilines is 1. The molecule has 0 atom stereocenters. The van der Waals surface area contributed by atoms with Gasteiger partial charge in [0.15, 0.2) is 0 Å². The van der Waals surface area contributed by atoms with Gasteiger partial charge in [-0.05, 0) is 18.9 Å². The zero-order chi connectivity index (χ0) is 16.6. The monoisotopic (exact) mass is 333 g/mol. The molecule has 2 fully saturated rings. The van der Waals surface area contributed by atoms with Crippen LogP contribution in [0.5, 0.6) is 0 Å². The van der Waals surface area contributed by atoms with Gasteiger partial charge < -0.3 is 15.0 Å². The van der Waals surface area contributed by atoms with Crippen LogP contribution in [0.2, 0.25) is 0 Å². The lowest BCUT2D eigenvalue weighted by Crippen LogP contribution is -2.39. The highest BCUT2D eigenvalue weighted by atomic mass is 16.5. The lowest BCUT2D eigenvalue weighted by atomic mass is 10.2. The van der Waals surface area contributed by atoms with Crippen molar-refractivity contribution < 1.29 is 9.53 Å². The number of likely N-dealkylation sites (tertiary alicyclic amines) is 1. The van der Waals surface area contributed by atoms with Crippen molar-refractivity contribution in [3.8, 4) is 0 Å². The first kappa shape index (κ1) is 17.1. The summed E-state index contributed by atoms with van der Waals surface area (Å²) in [7, 11) is 0. The van der Waals surface area contributed by atoms with Crippen LogP contribution in [-0.2, 0) is 4.74 Å². The zero-order valence-electron chi connectivity index (χ0n) is 14.2. The van der Waals surface area contributed by atoms with E-state index in [9.17, 15) is 4.79 Å². The molecular weight excluding hydrogens is 306 g/mol. The SMILES string of the molecule is O=C(c1ccnc(NCCN2CCOCC2)n1)N1CCCCCC1. The van der Waals surface area contributed by atoms with Gasteiger partial charge in [0.05, 0.1) is 13.2 Å². The summed E-state index contributed by atoms with van der Waals surface area (Å²) in [5, 5.41) is 3.23. The smallest absolute Gasteiger partial charge is 0.272 e. The predicted octanol–water partition coefficient (Wildman–Crippen LogP) is 1.24. The number of rotatable bonds is 5. The molecule has 0 unspecified atom stereocenters. The molecule has 132 valence electrons. The van der Waals surface area contributed by atoms with Crippen LogP contribution in [0.3, 0.4) is 0 Å². The average Bonchev–Trinajstić information content (AvgIpc) is 2.92. The Bertz CT molecular complexity index is 525. The third-order valence-corrected chi connectivity index (χ3v) is 4.58. The molecule has 0 spiro atoms. The quantitative estimate of drug-likeness (QED) is 0.874. The van der Waals surface area contributed by atoms with E-state index >= 15 is 0 Å². The van der Waals surface area contributed by atoms with Crippen LogP contribution in [0.15, 0.2) is 12.3 Å². The Kier molecular flexibility index (Phi) is 6.37. The Morgan fingerprint density at radius 3 is 2.62 bits per heavy atom. The Morgan fingerprint density at radius 1 is 1.12 bits per heavy atom. The molecule has 0 radical (unpaired) electrons. The van der Waals surface area contributed by atoms with E-state index < -0.39 is 0 Å². The van der Waals surface area contributed by atoms with Crippen LogP contribution in [0, 0.1) is 0 Å². The van der Waals surface area contributed by atoms with E-state index in [0.717, 1.165) is 65.3 Å². The second-order valence-electron chi connectivity index (χ2n) is 6.35. The summed E-state index contributed by atoms with van der Waals surface area (Å²) in [5.41, 5.74) is 0.487. The topological polar surface area (TPSA) is 70.6 Å². The first-order chi connectivity index (χ1) is 11.8. The molecule has 2 aliphatic heterocycles. The fourth-order valence-corrected chi connectivity index (χ4v) is 3.15. The van der Waals surface area contributed by atoms with Crippen molar-refractivity contribution >= 4 is 11.9 Å². The van der Waals surface area contributed by atoms with Gasteiger partial charge in [0.1, 0.15) is 5.69 Å². The lowest BCUT2D eigenvalue weighted by molar-refractivity contribution is 0.0398. The number of morpholine rings is 1. The number of hydrogen-bond donors (Lipinski definition) is 1. The normalized spacial score (nSPS) is 19.8. The number of aromatic nitrogens is 2. The van der Waals surface area contributed by atoms with E-state index in [1.54, 1.807) is 12.3 Å². The van der Waals surface area contributed by atoms with Gasteiger partial charge in [-0.15, -0.1) is 0 Å². The van der Waals surface area contributed by atoms with Crippen molar-refractivity contribution in [1.29, 1.82) is 0 Å². The van der Waals surface area contributed by atoms with Crippen molar-refractivity contribution in [1.82, 2.24) is 19.8 Å². The molecule has 3 heterocycles. The molecule has 0 aliphatic carbocycles.